The second-order valence-corrected chi connectivity index (χ2v) is 9.25. The second-order valence-electron chi connectivity index (χ2n) is 9.25. The summed E-state index contributed by atoms with van der Waals surface area (Å²) in [6.45, 7) is 1.51. The molecule has 8 nitrogen and oxygen atoms in total. The van der Waals surface area contributed by atoms with Crippen molar-refractivity contribution in [1.82, 2.24) is 5.32 Å². The van der Waals surface area contributed by atoms with Gasteiger partial charge in [-0.2, -0.15) is 0 Å². The van der Waals surface area contributed by atoms with Gasteiger partial charge in [-0.1, -0.05) is 24.3 Å². The lowest BCUT2D eigenvalue weighted by Gasteiger charge is -2.17. The minimum Gasteiger partial charge on any atom is -0.454 e. The van der Waals surface area contributed by atoms with E-state index in [9.17, 15) is 19.8 Å². The van der Waals surface area contributed by atoms with Gasteiger partial charge in [0.2, 0.25) is 12.7 Å². The Kier molecular flexibility index (Phi) is 6.38. The summed E-state index contributed by atoms with van der Waals surface area (Å²) in [4.78, 5) is 25.7. The van der Waals surface area contributed by atoms with Crippen LogP contribution in [-0.2, 0) is 10.2 Å². The van der Waals surface area contributed by atoms with Crippen LogP contribution in [-0.4, -0.2) is 48.1 Å². The second kappa shape index (κ2) is 9.64. The maximum Gasteiger partial charge on any atom is 0.251 e. The Labute approximate surface area is 214 Å². The molecule has 0 bridgehead atoms. The summed E-state index contributed by atoms with van der Waals surface area (Å²) in [5.74, 6) is 0.948. The molecule has 1 heterocycles. The van der Waals surface area contributed by atoms with Crippen molar-refractivity contribution >= 4 is 17.5 Å². The first-order valence-electron chi connectivity index (χ1n) is 11.9. The minimum atomic E-state index is -0.702. The number of anilines is 1. The minimum absolute atomic E-state index is 0. The van der Waals surface area contributed by atoms with E-state index in [1.165, 1.54) is 0 Å². The molecule has 3 aromatic rings. The number of aryl methyl sites for hydroxylation is 1. The summed E-state index contributed by atoms with van der Waals surface area (Å²) in [6.07, 6.45) is 1.54. The Balaban J connectivity index is 0.00000200. The molecule has 36 heavy (non-hydrogen) atoms. The Morgan fingerprint density at radius 1 is 0.972 bits per heavy atom. The van der Waals surface area contributed by atoms with Crippen LogP contribution in [0, 0.1) is 6.92 Å². The van der Waals surface area contributed by atoms with Crippen molar-refractivity contribution in [2.45, 2.75) is 31.2 Å². The molecule has 0 unspecified atom stereocenters. The number of rotatable bonds is 8. The highest BCUT2D eigenvalue weighted by Gasteiger charge is 2.51. The fraction of sp³-hybridized carbons (Fsp3) is 0.286. The maximum atomic E-state index is 13.3. The predicted molar refractivity (Wildman–Crippen MR) is 143 cm³/mol. The van der Waals surface area contributed by atoms with E-state index in [1.807, 2.05) is 55.5 Å². The van der Waals surface area contributed by atoms with Crippen molar-refractivity contribution in [3.8, 4) is 22.6 Å². The van der Waals surface area contributed by atoms with E-state index in [4.69, 9.17) is 9.47 Å². The molecule has 0 atom stereocenters. The maximum absolute atomic E-state index is 13.3. The third kappa shape index (κ3) is 4.53. The highest BCUT2D eigenvalue weighted by atomic mass is 16.7. The van der Waals surface area contributed by atoms with Gasteiger partial charge in [0.25, 0.3) is 5.91 Å². The molecule has 5 rings (SSSR count). The average Bonchev–Trinajstić information content (AvgIpc) is 3.59. The summed E-state index contributed by atoms with van der Waals surface area (Å²) in [5, 5.41) is 24.0. The third-order valence-electron chi connectivity index (χ3n) is 6.84. The van der Waals surface area contributed by atoms with E-state index in [0.29, 0.717) is 22.7 Å². The van der Waals surface area contributed by atoms with Gasteiger partial charge in [-0.3, -0.25) is 9.59 Å². The van der Waals surface area contributed by atoms with Gasteiger partial charge < -0.3 is 30.3 Å². The molecule has 0 aromatic heterocycles. The highest BCUT2D eigenvalue weighted by Crippen LogP contribution is 2.51. The molecule has 194 valence electrons. The zero-order chi connectivity index (χ0) is 25.3. The molecule has 1 saturated carbocycles. The van der Waals surface area contributed by atoms with E-state index >= 15 is 0 Å². The standard InChI is InChI=1S/C28H28N2O6.4H2/c1-17-2-8-21(13-23(17)18-3-5-19(6-4-18)26(33)29-22(14-31)15-32)30-27(34)28(10-11-28)20-7-9-24-25(12-20)36-16-35-24;;;;/h2-9,12-13,22,31-32H,10-11,14-16H2,1H3,(H,29,33)(H,30,34);4*1H. The molecule has 1 fully saturated rings. The number of amides is 2. The number of hydrogen-bond acceptors (Lipinski definition) is 6. The third-order valence-corrected chi connectivity index (χ3v) is 6.84. The van der Waals surface area contributed by atoms with Crippen molar-refractivity contribution in [3.05, 3.63) is 77.4 Å². The summed E-state index contributed by atoms with van der Waals surface area (Å²) >= 11 is 0. The number of benzene rings is 3. The topological polar surface area (TPSA) is 117 Å². The zero-order valence-corrected chi connectivity index (χ0v) is 19.9. The van der Waals surface area contributed by atoms with Crippen LogP contribution in [0.2, 0.25) is 0 Å². The zero-order valence-electron chi connectivity index (χ0n) is 19.9. The quantitative estimate of drug-likeness (QED) is 0.373. The number of carbonyl (C=O) groups excluding carboxylic acids is 2. The molecule has 3 aromatic carbocycles. The molecule has 4 N–H and O–H groups in total. The van der Waals surface area contributed by atoms with Crippen LogP contribution in [0.25, 0.3) is 11.1 Å². The molecular formula is C28H36N2O6. The molecule has 8 heteroatoms. The van der Waals surface area contributed by atoms with E-state index in [2.05, 4.69) is 10.6 Å². The van der Waals surface area contributed by atoms with E-state index in [1.54, 1.807) is 12.1 Å². The molecule has 1 aliphatic carbocycles. The van der Waals surface area contributed by atoms with Crippen molar-refractivity contribution < 1.29 is 35.0 Å². The summed E-state index contributed by atoms with van der Waals surface area (Å²) in [5.41, 5.74) is 4.35. The fourth-order valence-corrected chi connectivity index (χ4v) is 4.45. The van der Waals surface area contributed by atoms with Crippen LogP contribution in [0.15, 0.2) is 60.7 Å². The summed E-state index contributed by atoms with van der Waals surface area (Å²) < 4.78 is 10.9. The molecule has 1 aliphatic heterocycles. The number of aliphatic hydroxyl groups excluding tert-OH is 2. The lowest BCUT2D eigenvalue weighted by atomic mass is 9.94. The molecular weight excluding hydrogens is 460 g/mol. The highest BCUT2D eigenvalue weighted by molar-refractivity contribution is 6.02. The van der Waals surface area contributed by atoms with Gasteiger partial charge in [0.1, 0.15) is 0 Å². The first kappa shape index (κ1) is 23.8. The molecule has 0 radical (unpaired) electrons. The van der Waals surface area contributed by atoms with Crippen LogP contribution in [0.5, 0.6) is 11.5 Å². The first-order chi connectivity index (χ1) is 17.4. The van der Waals surface area contributed by atoms with Gasteiger partial charge in [-0.25, -0.2) is 0 Å². The fourth-order valence-electron chi connectivity index (χ4n) is 4.45. The number of nitrogens with one attached hydrogen (secondary N) is 2. The van der Waals surface area contributed by atoms with E-state index in [-0.39, 0.29) is 37.5 Å². The Bertz CT molecular complexity index is 1310. The van der Waals surface area contributed by atoms with E-state index < -0.39 is 11.5 Å². The van der Waals surface area contributed by atoms with Crippen molar-refractivity contribution in [2.24, 2.45) is 0 Å². The van der Waals surface area contributed by atoms with E-state index in [0.717, 1.165) is 35.1 Å². The van der Waals surface area contributed by atoms with Crippen molar-refractivity contribution in [3.63, 3.8) is 0 Å². The molecule has 2 amide bonds. The SMILES string of the molecule is Cc1ccc(NC(=O)C2(c3ccc4c(c3)OCO4)CC2)cc1-c1ccc(C(=O)NC(CO)CO)cc1.[HH].[HH].[HH].[HH]. The molecule has 0 saturated heterocycles. The van der Waals surface area contributed by atoms with Gasteiger partial charge >= 0.3 is 0 Å². The average molecular weight is 497 g/mol. The lowest BCUT2D eigenvalue weighted by molar-refractivity contribution is -0.118. The monoisotopic (exact) mass is 496 g/mol. The molecule has 2 aliphatic rings. The normalized spacial score (nSPS) is 15.0. The number of aliphatic hydroxyl groups is 2. The van der Waals surface area contributed by atoms with Crippen molar-refractivity contribution in [2.75, 3.05) is 25.3 Å². The van der Waals surface area contributed by atoms with Crippen molar-refractivity contribution in [1.29, 1.82) is 0 Å². The first-order valence-corrected chi connectivity index (χ1v) is 11.9. The number of carbonyl (C=O) groups is 2. The van der Waals surface area contributed by atoms with Gasteiger partial charge in [0, 0.05) is 17.0 Å². The van der Waals surface area contributed by atoms with Crippen LogP contribution in [0.1, 0.15) is 40.0 Å². The molecule has 0 spiro atoms. The smallest absolute Gasteiger partial charge is 0.251 e. The Morgan fingerprint density at radius 2 is 1.69 bits per heavy atom. The van der Waals surface area contributed by atoms with Crippen LogP contribution < -0.4 is 20.1 Å². The lowest BCUT2D eigenvalue weighted by Crippen LogP contribution is -2.40. The number of ether oxygens (including phenoxy) is 2. The van der Waals surface area contributed by atoms with Gasteiger partial charge in [0.15, 0.2) is 11.5 Å². The number of hydrogen-bond donors (Lipinski definition) is 4. The van der Waals surface area contributed by atoms with Gasteiger partial charge in [0.05, 0.1) is 24.7 Å². The summed E-state index contributed by atoms with van der Waals surface area (Å²) in [7, 11) is 0. The van der Waals surface area contributed by atoms with Crippen LogP contribution in [0.3, 0.4) is 0 Å². The number of fused-ring (bicyclic) bond motifs is 1. The Morgan fingerprint density at radius 3 is 2.39 bits per heavy atom. The largest absolute Gasteiger partial charge is 0.454 e. The summed E-state index contributed by atoms with van der Waals surface area (Å²) in [6, 6.07) is 17.8. The van der Waals surface area contributed by atoms with Gasteiger partial charge in [-0.15, -0.1) is 0 Å². The van der Waals surface area contributed by atoms with Crippen LogP contribution >= 0.6 is 0 Å². The predicted octanol–water partition coefficient (Wildman–Crippen LogP) is 4.13. The van der Waals surface area contributed by atoms with Gasteiger partial charge in [-0.05, 0) is 78.4 Å². The van der Waals surface area contributed by atoms with Crippen LogP contribution in [0.4, 0.5) is 5.69 Å². The Hall–Kier alpha value is -3.88.